The Labute approximate surface area is 153 Å². The number of hydrogen-bond acceptors (Lipinski definition) is 5. The Morgan fingerprint density at radius 2 is 1.88 bits per heavy atom. The molecule has 0 spiro atoms. The van der Waals surface area contributed by atoms with Gasteiger partial charge in [-0.15, -0.1) is 0 Å². The number of nitrogens with one attached hydrogen (secondary N) is 1. The zero-order valence-electron chi connectivity index (χ0n) is 16.4. The maximum Gasteiger partial charge on any atom is 0.193 e. The molecule has 1 N–H and O–H groups in total. The first kappa shape index (κ1) is 20.4. The van der Waals surface area contributed by atoms with Crippen molar-refractivity contribution in [3.8, 4) is 0 Å². The molecular formula is C18H37N5O2. The molecule has 0 saturated carbocycles. The third kappa shape index (κ3) is 7.09. The van der Waals surface area contributed by atoms with Gasteiger partial charge < -0.3 is 24.6 Å². The van der Waals surface area contributed by atoms with Crippen LogP contribution in [0.2, 0.25) is 0 Å². The highest BCUT2D eigenvalue weighted by Gasteiger charge is 2.25. The number of guanidine groups is 1. The standard InChI is InChI=1S/C18H37N5O2/c1-4-21-9-11-22(12-10-21)8-6-20-18(19-2)23-7-5-17(15-23)16-25-14-13-24-3/h17H,4-16H2,1-3H3,(H,19,20). The van der Waals surface area contributed by atoms with Crippen molar-refractivity contribution in [1.29, 1.82) is 0 Å². The van der Waals surface area contributed by atoms with Crippen molar-refractivity contribution in [2.75, 3.05) is 92.9 Å². The molecule has 1 atom stereocenters. The summed E-state index contributed by atoms with van der Waals surface area (Å²) in [6, 6.07) is 0. The monoisotopic (exact) mass is 355 g/mol. The number of likely N-dealkylation sites (N-methyl/N-ethyl adjacent to an activating group) is 1. The van der Waals surface area contributed by atoms with E-state index < -0.39 is 0 Å². The topological polar surface area (TPSA) is 52.6 Å². The predicted molar refractivity (Wildman–Crippen MR) is 102 cm³/mol. The van der Waals surface area contributed by atoms with Gasteiger partial charge in [0.05, 0.1) is 19.8 Å². The molecule has 2 saturated heterocycles. The maximum absolute atomic E-state index is 5.68. The highest BCUT2D eigenvalue weighted by atomic mass is 16.5. The molecule has 1 unspecified atom stereocenters. The zero-order valence-corrected chi connectivity index (χ0v) is 16.4. The average molecular weight is 356 g/mol. The number of hydrogen-bond donors (Lipinski definition) is 1. The number of methoxy groups -OCH3 is 1. The highest BCUT2D eigenvalue weighted by Crippen LogP contribution is 2.16. The van der Waals surface area contributed by atoms with Crippen molar-refractivity contribution < 1.29 is 9.47 Å². The molecule has 0 aromatic rings. The zero-order chi connectivity index (χ0) is 17.9. The van der Waals surface area contributed by atoms with Crippen molar-refractivity contribution in [3.05, 3.63) is 0 Å². The molecule has 0 aliphatic carbocycles. The van der Waals surface area contributed by atoms with Crippen LogP contribution in [0.5, 0.6) is 0 Å². The van der Waals surface area contributed by atoms with Crippen LogP contribution in [0.15, 0.2) is 4.99 Å². The summed E-state index contributed by atoms with van der Waals surface area (Å²) in [7, 11) is 3.59. The van der Waals surface area contributed by atoms with Crippen LogP contribution in [0.3, 0.4) is 0 Å². The van der Waals surface area contributed by atoms with Crippen LogP contribution in [0.4, 0.5) is 0 Å². The SMILES string of the molecule is CCN1CCN(CCNC(=NC)N2CCC(COCCOC)C2)CC1. The Balaban J connectivity index is 1.61. The number of ether oxygens (including phenoxy) is 2. The summed E-state index contributed by atoms with van der Waals surface area (Å²) in [5.41, 5.74) is 0. The Bertz CT molecular complexity index is 386. The minimum Gasteiger partial charge on any atom is -0.382 e. The summed E-state index contributed by atoms with van der Waals surface area (Å²) < 4.78 is 10.7. The van der Waals surface area contributed by atoms with Gasteiger partial charge in [-0.3, -0.25) is 9.89 Å². The van der Waals surface area contributed by atoms with E-state index in [2.05, 4.69) is 31.9 Å². The van der Waals surface area contributed by atoms with Crippen LogP contribution in [-0.2, 0) is 9.47 Å². The number of piperazine rings is 1. The second kappa shape index (κ2) is 11.7. The van der Waals surface area contributed by atoms with Gasteiger partial charge in [0, 0.05) is 72.4 Å². The molecule has 146 valence electrons. The van der Waals surface area contributed by atoms with Crippen molar-refractivity contribution in [1.82, 2.24) is 20.0 Å². The first-order valence-electron chi connectivity index (χ1n) is 9.73. The lowest BCUT2D eigenvalue weighted by Crippen LogP contribution is -2.49. The summed E-state index contributed by atoms with van der Waals surface area (Å²) >= 11 is 0. The molecule has 2 fully saturated rings. The average Bonchev–Trinajstić information content (AvgIpc) is 3.11. The van der Waals surface area contributed by atoms with Crippen LogP contribution < -0.4 is 5.32 Å². The van der Waals surface area contributed by atoms with Crippen LogP contribution in [0.1, 0.15) is 13.3 Å². The van der Waals surface area contributed by atoms with Gasteiger partial charge in [0.1, 0.15) is 0 Å². The lowest BCUT2D eigenvalue weighted by molar-refractivity contribution is 0.0536. The third-order valence-electron chi connectivity index (χ3n) is 5.21. The minimum atomic E-state index is 0.595. The molecular weight excluding hydrogens is 318 g/mol. The van der Waals surface area contributed by atoms with Gasteiger partial charge in [-0.05, 0) is 13.0 Å². The van der Waals surface area contributed by atoms with Crippen LogP contribution in [-0.4, -0.2) is 114 Å². The lowest BCUT2D eigenvalue weighted by atomic mass is 10.1. The Hall–Kier alpha value is -0.890. The first-order valence-corrected chi connectivity index (χ1v) is 9.73. The molecule has 0 radical (unpaired) electrons. The summed E-state index contributed by atoms with van der Waals surface area (Å²) in [6.07, 6.45) is 1.17. The maximum atomic E-state index is 5.68. The van der Waals surface area contributed by atoms with E-state index in [1.54, 1.807) is 7.11 Å². The van der Waals surface area contributed by atoms with E-state index in [0.29, 0.717) is 19.1 Å². The molecule has 0 amide bonds. The molecule has 0 bridgehead atoms. The summed E-state index contributed by atoms with van der Waals surface area (Å²) in [4.78, 5) is 11.9. The fourth-order valence-corrected chi connectivity index (χ4v) is 3.54. The normalized spacial score (nSPS) is 23.4. The van der Waals surface area contributed by atoms with Crippen molar-refractivity contribution >= 4 is 5.96 Å². The van der Waals surface area contributed by atoms with Gasteiger partial charge in [0.15, 0.2) is 5.96 Å². The molecule has 2 rings (SSSR count). The Morgan fingerprint density at radius 3 is 2.56 bits per heavy atom. The van der Waals surface area contributed by atoms with E-state index in [1.165, 1.54) is 39.1 Å². The van der Waals surface area contributed by atoms with Crippen LogP contribution in [0, 0.1) is 5.92 Å². The smallest absolute Gasteiger partial charge is 0.193 e. The second-order valence-corrected chi connectivity index (χ2v) is 6.92. The molecule has 25 heavy (non-hydrogen) atoms. The Kier molecular flexibility index (Phi) is 9.54. The van der Waals surface area contributed by atoms with Crippen molar-refractivity contribution in [3.63, 3.8) is 0 Å². The largest absolute Gasteiger partial charge is 0.382 e. The minimum absolute atomic E-state index is 0.595. The van der Waals surface area contributed by atoms with E-state index in [-0.39, 0.29) is 0 Å². The molecule has 2 heterocycles. The fraction of sp³-hybridized carbons (Fsp3) is 0.944. The first-order chi connectivity index (χ1) is 12.3. The number of aliphatic imine (C=N–C) groups is 1. The van der Waals surface area contributed by atoms with Gasteiger partial charge in [-0.2, -0.15) is 0 Å². The summed E-state index contributed by atoms with van der Waals surface area (Å²) in [6.45, 7) is 14.5. The quantitative estimate of drug-likeness (QED) is 0.362. The van der Waals surface area contributed by atoms with E-state index >= 15 is 0 Å². The van der Waals surface area contributed by atoms with Gasteiger partial charge in [0.2, 0.25) is 0 Å². The number of nitrogens with zero attached hydrogens (tertiary/aromatic N) is 4. The highest BCUT2D eigenvalue weighted by molar-refractivity contribution is 5.80. The van der Waals surface area contributed by atoms with E-state index in [1.807, 2.05) is 7.05 Å². The van der Waals surface area contributed by atoms with Gasteiger partial charge in [-0.1, -0.05) is 6.92 Å². The van der Waals surface area contributed by atoms with Crippen molar-refractivity contribution in [2.24, 2.45) is 10.9 Å². The summed E-state index contributed by atoms with van der Waals surface area (Å²) in [5.74, 6) is 1.63. The molecule has 7 heteroatoms. The Morgan fingerprint density at radius 1 is 1.12 bits per heavy atom. The van der Waals surface area contributed by atoms with Gasteiger partial charge >= 0.3 is 0 Å². The molecule has 0 aromatic heterocycles. The number of likely N-dealkylation sites (tertiary alicyclic amines) is 1. The molecule has 7 nitrogen and oxygen atoms in total. The number of rotatable bonds is 9. The van der Waals surface area contributed by atoms with Gasteiger partial charge in [-0.25, -0.2) is 0 Å². The predicted octanol–water partition coefficient (Wildman–Crippen LogP) is 0.184. The van der Waals surface area contributed by atoms with Gasteiger partial charge in [0.25, 0.3) is 0 Å². The van der Waals surface area contributed by atoms with E-state index in [4.69, 9.17) is 9.47 Å². The summed E-state index contributed by atoms with van der Waals surface area (Å²) in [5, 5.41) is 3.54. The van der Waals surface area contributed by atoms with Crippen LogP contribution >= 0.6 is 0 Å². The molecule has 0 aromatic carbocycles. The van der Waals surface area contributed by atoms with Crippen LogP contribution in [0.25, 0.3) is 0 Å². The van der Waals surface area contributed by atoms with E-state index in [9.17, 15) is 0 Å². The van der Waals surface area contributed by atoms with Crippen molar-refractivity contribution in [2.45, 2.75) is 13.3 Å². The molecule has 2 aliphatic rings. The fourth-order valence-electron chi connectivity index (χ4n) is 3.54. The second-order valence-electron chi connectivity index (χ2n) is 6.92. The lowest BCUT2D eigenvalue weighted by Gasteiger charge is -2.34. The third-order valence-corrected chi connectivity index (χ3v) is 5.21. The molecule has 2 aliphatic heterocycles. The van der Waals surface area contributed by atoms with E-state index in [0.717, 1.165) is 38.7 Å².